The van der Waals surface area contributed by atoms with Crippen molar-refractivity contribution in [1.29, 1.82) is 0 Å². The van der Waals surface area contributed by atoms with Crippen LogP contribution in [0.15, 0.2) is 77.7 Å². The number of aromatic nitrogens is 1. The zero-order valence-electron chi connectivity index (χ0n) is 14.0. The molecule has 1 N–H and O–H groups in total. The van der Waals surface area contributed by atoms with Gasteiger partial charge in [0.25, 0.3) is 5.56 Å². The van der Waals surface area contributed by atoms with Crippen LogP contribution in [0.2, 0.25) is 0 Å². The maximum atomic E-state index is 12.6. The maximum Gasteiger partial charge on any atom is 0.416 e. The molecule has 0 bridgehead atoms. The molecule has 0 unspecified atom stereocenters. The first-order valence-corrected chi connectivity index (χ1v) is 8.07. The molecule has 0 saturated carbocycles. The first-order chi connectivity index (χ1) is 12.8. The Kier molecular flexibility index (Phi) is 5.12. The average molecular weight is 372 g/mol. The number of halogens is 3. The molecule has 0 aliphatic heterocycles. The van der Waals surface area contributed by atoms with Gasteiger partial charge in [-0.25, -0.2) is 0 Å². The second kappa shape index (κ2) is 7.49. The molecule has 2 aromatic carbocycles. The molecule has 0 aliphatic rings. The summed E-state index contributed by atoms with van der Waals surface area (Å²) in [5.74, 6) is -0.395. The third-order valence-corrected chi connectivity index (χ3v) is 3.88. The Labute approximate surface area is 152 Å². The van der Waals surface area contributed by atoms with Gasteiger partial charge < -0.3 is 5.32 Å². The van der Waals surface area contributed by atoms with Gasteiger partial charge in [0.15, 0.2) is 0 Å². The van der Waals surface area contributed by atoms with Gasteiger partial charge in [-0.05, 0) is 35.9 Å². The van der Waals surface area contributed by atoms with E-state index in [1.165, 1.54) is 35.0 Å². The summed E-state index contributed by atoms with van der Waals surface area (Å²) in [4.78, 5) is 24.2. The number of hydrogen-bond donors (Lipinski definition) is 1. The number of carbonyl (C=O) groups is 1. The van der Waals surface area contributed by atoms with Gasteiger partial charge >= 0.3 is 6.18 Å². The van der Waals surface area contributed by atoms with Gasteiger partial charge in [0.2, 0.25) is 5.91 Å². The Balaban J connectivity index is 1.72. The van der Waals surface area contributed by atoms with Crippen LogP contribution in [-0.4, -0.2) is 10.5 Å². The minimum Gasteiger partial charge on any atom is -0.324 e. The summed E-state index contributed by atoms with van der Waals surface area (Å²) in [7, 11) is 0. The molecular weight excluding hydrogens is 357 g/mol. The average Bonchev–Trinajstić information content (AvgIpc) is 2.64. The monoisotopic (exact) mass is 372 g/mol. The van der Waals surface area contributed by atoms with Crippen molar-refractivity contribution < 1.29 is 18.0 Å². The molecule has 0 aliphatic carbocycles. The number of alkyl halides is 3. The Hall–Kier alpha value is -3.35. The number of rotatable bonds is 4. The van der Waals surface area contributed by atoms with E-state index in [0.29, 0.717) is 16.9 Å². The van der Waals surface area contributed by atoms with Gasteiger partial charge in [-0.1, -0.05) is 30.3 Å². The molecule has 0 saturated heterocycles. The molecule has 0 atom stereocenters. The highest BCUT2D eigenvalue weighted by molar-refractivity contribution is 5.92. The van der Waals surface area contributed by atoms with E-state index >= 15 is 0 Å². The van der Waals surface area contributed by atoms with Gasteiger partial charge in [-0.2, -0.15) is 13.2 Å². The van der Waals surface area contributed by atoms with Crippen LogP contribution in [0.25, 0.3) is 5.69 Å². The molecule has 1 aromatic heterocycles. The van der Waals surface area contributed by atoms with Crippen molar-refractivity contribution >= 4 is 11.6 Å². The smallest absolute Gasteiger partial charge is 0.324 e. The topological polar surface area (TPSA) is 51.1 Å². The Morgan fingerprint density at radius 2 is 1.59 bits per heavy atom. The van der Waals surface area contributed by atoms with E-state index in [1.807, 2.05) is 6.07 Å². The van der Waals surface area contributed by atoms with Crippen molar-refractivity contribution in [2.75, 3.05) is 5.32 Å². The molecule has 0 radical (unpaired) electrons. The fraction of sp³-hybridized carbons (Fsp3) is 0.100. The molecule has 7 heteroatoms. The lowest BCUT2D eigenvalue weighted by molar-refractivity contribution is -0.137. The second-order valence-electron chi connectivity index (χ2n) is 5.88. The first kappa shape index (κ1) is 18.4. The van der Waals surface area contributed by atoms with E-state index in [0.717, 1.165) is 12.1 Å². The molecular formula is C20H15F3N2O2. The molecule has 1 heterocycles. The number of hydrogen-bond acceptors (Lipinski definition) is 2. The van der Waals surface area contributed by atoms with E-state index < -0.39 is 17.6 Å². The standard InChI is InChI=1S/C20H15F3N2O2/c21-20(22,23)15-8-6-14(7-9-15)12-18(26)24-16-10-11-19(27)25(13-16)17-4-2-1-3-5-17/h1-11,13H,12H2,(H,24,26). The fourth-order valence-electron chi connectivity index (χ4n) is 2.55. The van der Waals surface area contributed by atoms with Crippen molar-refractivity contribution in [3.63, 3.8) is 0 Å². The zero-order valence-corrected chi connectivity index (χ0v) is 14.0. The predicted octanol–water partition coefficient (Wildman–Crippen LogP) is 4.04. The van der Waals surface area contributed by atoms with E-state index in [-0.39, 0.29) is 12.0 Å². The molecule has 0 spiro atoms. The second-order valence-corrected chi connectivity index (χ2v) is 5.88. The third kappa shape index (κ3) is 4.63. The van der Waals surface area contributed by atoms with Crippen LogP contribution in [0.5, 0.6) is 0 Å². The quantitative estimate of drug-likeness (QED) is 0.752. The summed E-state index contributed by atoms with van der Waals surface area (Å²) < 4.78 is 39.1. The largest absolute Gasteiger partial charge is 0.416 e. The van der Waals surface area contributed by atoms with Crippen molar-refractivity contribution in [2.45, 2.75) is 12.6 Å². The number of amides is 1. The zero-order chi connectivity index (χ0) is 19.4. The van der Waals surface area contributed by atoms with Crippen LogP contribution in [0.3, 0.4) is 0 Å². The normalized spacial score (nSPS) is 11.2. The molecule has 3 rings (SSSR count). The highest BCUT2D eigenvalue weighted by Gasteiger charge is 2.29. The SMILES string of the molecule is O=C(Cc1ccc(C(F)(F)F)cc1)Nc1ccc(=O)n(-c2ccccc2)c1. The minimum absolute atomic E-state index is 0.0808. The van der Waals surface area contributed by atoms with E-state index in [9.17, 15) is 22.8 Å². The maximum absolute atomic E-state index is 12.6. The molecule has 1 amide bonds. The number of benzene rings is 2. The number of nitrogens with zero attached hydrogens (tertiary/aromatic N) is 1. The van der Waals surface area contributed by atoms with Crippen LogP contribution in [-0.2, 0) is 17.4 Å². The van der Waals surface area contributed by atoms with Gasteiger partial charge in [-0.3, -0.25) is 14.2 Å². The summed E-state index contributed by atoms with van der Waals surface area (Å²) >= 11 is 0. The van der Waals surface area contributed by atoms with Crippen LogP contribution in [0, 0.1) is 0 Å². The Morgan fingerprint density at radius 3 is 2.22 bits per heavy atom. The van der Waals surface area contributed by atoms with E-state index in [1.54, 1.807) is 24.3 Å². The third-order valence-electron chi connectivity index (χ3n) is 3.88. The summed E-state index contributed by atoms with van der Waals surface area (Å²) in [5, 5.41) is 2.65. The van der Waals surface area contributed by atoms with Crippen LogP contribution >= 0.6 is 0 Å². The highest BCUT2D eigenvalue weighted by Crippen LogP contribution is 2.29. The van der Waals surface area contributed by atoms with Gasteiger partial charge in [0.05, 0.1) is 17.7 Å². The molecule has 3 aromatic rings. The number of para-hydroxylation sites is 1. The molecule has 27 heavy (non-hydrogen) atoms. The molecule has 0 fully saturated rings. The van der Waals surface area contributed by atoms with Gasteiger partial charge in [0, 0.05) is 18.0 Å². The number of pyridine rings is 1. The van der Waals surface area contributed by atoms with Crippen molar-refractivity contribution in [3.05, 3.63) is 94.4 Å². The summed E-state index contributed by atoms with van der Waals surface area (Å²) in [6.07, 6.45) is -2.99. The van der Waals surface area contributed by atoms with Crippen LogP contribution < -0.4 is 10.9 Å². The van der Waals surface area contributed by atoms with E-state index in [2.05, 4.69) is 5.32 Å². The lowest BCUT2D eigenvalue weighted by Crippen LogP contribution is -2.20. The number of anilines is 1. The highest BCUT2D eigenvalue weighted by atomic mass is 19.4. The molecule has 138 valence electrons. The van der Waals surface area contributed by atoms with E-state index in [4.69, 9.17) is 0 Å². The summed E-state index contributed by atoms with van der Waals surface area (Å²) in [6.45, 7) is 0. The molecule has 4 nitrogen and oxygen atoms in total. The summed E-state index contributed by atoms with van der Waals surface area (Å²) in [6, 6.07) is 16.2. The lowest BCUT2D eigenvalue weighted by atomic mass is 10.1. The van der Waals surface area contributed by atoms with Crippen LogP contribution in [0.1, 0.15) is 11.1 Å². The predicted molar refractivity (Wildman–Crippen MR) is 95.8 cm³/mol. The minimum atomic E-state index is -4.41. The van der Waals surface area contributed by atoms with Crippen molar-refractivity contribution in [2.24, 2.45) is 0 Å². The Bertz CT molecular complexity index is 994. The van der Waals surface area contributed by atoms with Gasteiger partial charge in [-0.15, -0.1) is 0 Å². The van der Waals surface area contributed by atoms with Crippen molar-refractivity contribution in [3.8, 4) is 5.69 Å². The summed E-state index contributed by atoms with van der Waals surface area (Å²) in [5.41, 5.74) is 0.511. The van der Waals surface area contributed by atoms with Crippen molar-refractivity contribution in [1.82, 2.24) is 4.57 Å². The lowest BCUT2D eigenvalue weighted by Gasteiger charge is -2.10. The fourth-order valence-corrected chi connectivity index (χ4v) is 2.55. The number of nitrogens with one attached hydrogen (secondary N) is 1. The Morgan fingerprint density at radius 1 is 0.926 bits per heavy atom. The first-order valence-electron chi connectivity index (χ1n) is 8.07. The number of carbonyl (C=O) groups excluding carboxylic acids is 1. The van der Waals surface area contributed by atoms with Gasteiger partial charge in [0.1, 0.15) is 0 Å². The van der Waals surface area contributed by atoms with Crippen LogP contribution in [0.4, 0.5) is 18.9 Å².